The molecule has 0 fully saturated rings. The minimum Gasteiger partial charge on any atom is -0.384 e. The summed E-state index contributed by atoms with van der Waals surface area (Å²) in [5.74, 6) is 0.414. The zero-order chi connectivity index (χ0) is 17.9. The number of allylic oxidation sites excluding steroid dienone is 3. The molecule has 126 valence electrons. The van der Waals surface area contributed by atoms with E-state index >= 15 is 0 Å². The molecule has 0 aromatic carbocycles. The largest absolute Gasteiger partial charge is 0.384 e. The molecule has 0 amide bonds. The van der Waals surface area contributed by atoms with Crippen LogP contribution in [0.3, 0.4) is 0 Å². The van der Waals surface area contributed by atoms with Crippen LogP contribution in [-0.2, 0) is 6.54 Å². The molecule has 0 bridgehead atoms. The maximum absolute atomic E-state index is 12.6. The van der Waals surface area contributed by atoms with E-state index in [2.05, 4.69) is 28.1 Å². The predicted octanol–water partition coefficient (Wildman–Crippen LogP) is 1.89. The quantitative estimate of drug-likeness (QED) is 0.516. The average molecular weight is 327 g/mol. The van der Waals surface area contributed by atoms with Crippen molar-refractivity contribution in [1.29, 1.82) is 0 Å². The van der Waals surface area contributed by atoms with Gasteiger partial charge in [0.2, 0.25) is 0 Å². The van der Waals surface area contributed by atoms with Crippen LogP contribution in [0.4, 0.5) is 0 Å². The topological polar surface area (TPSA) is 85.3 Å². The van der Waals surface area contributed by atoms with Crippen molar-refractivity contribution in [3.63, 3.8) is 0 Å². The van der Waals surface area contributed by atoms with Crippen molar-refractivity contribution < 1.29 is 5.11 Å². The number of aromatic nitrogens is 4. The van der Waals surface area contributed by atoms with Crippen LogP contribution in [0.1, 0.15) is 20.8 Å². The van der Waals surface area contributed by atoms with Crippen molar-refractivity contribution in [2.75, 3.05) is 0 Å². The second-order valence-corrected chi connectivity index (χ2v) is 5.72. The first-order valence-corrected chi connectivity index (χ1v) is 7.47. The lowest BCUT2D eigenvalue weighted by Gasteiger charge is -2.18. The maximum atomic E-state index is 12.6. The Morgan fingerprint density at radius 1 is 1.50 bits per heavy atom. The second kappa shape index (κ2) is 6.76. The zero-order valence-electron chi connectivity index (χ0n) is 14.1. The van der Waals surface area contributed by atoms with Crippen LogP contribution in [0.25, 0.3) is 11.0 Å². The van der Waals surface area contributed by atoms with Crippen molar-refractivity contribution in [2.45, 2.75) is 32.9 Å². The highest BCUT2D eigenvalue weighted by Crippen LogP contribution is 2.16. The summed E-state index contributed by atoms with van der Waals surface area (Å²) in [5.41, 5.74) is -0.730. The average Bonchev–Trinajstić information content (AvgIpc) is 2.79. The van der Waals surface area contributed by atoms with Crippen LogP contribution in [0, 0.1) is 0 Å². The molecule has 2 aromatic rings. The Balaban J connectivity index is 2.82. The molecule has 0 unspecified atom stereocenters. The van der Waals surface area contributed by atoms with Crippen LogP contribution in [-0.4, -0.2) is 35.9 Å². The first-order valence-electron chi connectivity index (χ1n) is 7.47. The maximum Gasteiger partial charge on any atom is 0.278 e. The Kier molecular flexibility index (Phi) is 4.94. The number of hydrogen-bond acceptors (Lipinski definition) is 5. The van der Waals surface area contributed by atoms with E-state index in [4.69, 9.17) is 0 Å². The zero-order valence-corrected chi connectivity index (χ0v) is 14.1. The summed E-state index contributed by atoms with van der Waals surface area (Å²) in [7, 11) is 0. The van der Waals surface area contributed by atoms with E-state index in [1.54, 1.807) is 36.8 Å². The SMILES string of the molecule is C=CCn1c(=O)c2cncnc2n1C(/C=C\C)=NC(=C)C(C)(C)O. The molecular weight excluding hydrogens is 306 g/mol. The third kappa shape index (κ3) is 3.26. The normalized spacial score (nSPS) is 12.9. The fourth-order valence-electron chi connectivity index (χ4n) is 2.09. The van der Waals surface area contributed by atoms with Gasteiger partial charge in [-0.2, -0.15) is 0 Å². The Labute approximate surface area is 140 Å². The fourth-order valence-corrected chi connectivity index (χ4v) is 2.09. The molecule has 0 atom stereocenters. The highest BCUT2D eigenvalue weighted by molar-refractivity contribution is 5.99. The lowest BCUT2D eigenvalue weighted by atomic mass is 10.1. The summed E-state index contributed by atoms with van der Waals surface area (Å²) in [6.07, 6.45) is 7.96. The number of fused-ring (bicyclic) bond motifs is 1. The van der Waals surface area contributed by atoms with Gasteiger partial charge in [0.25, 0.3) is 5.56 Å². The lowest BCUT2D eigenvalue weighted by molar-refractivity contribution is 0.119. The standard InChI is InChI=1S/C17H21N5O2/c1-6-8-14(20-12(3)17(4,5)24)22-15-13(10-18-11-19-15)16(23)21(22)9-7-2/h6-8,10-11,24H,2-3,9H2,1,4-5H3/b8-6-,20-14?. The van der Waals surface area contributed by atoms with Crippen LogP contribution < -0.4 is 5.56 Å². The van der Waals surface area contributed by atoms with Gasteiger partial charge in [-0.15, -0.1) is 6.58 Å². The van der Waals surface area contributed by atoms with E-state index in [9.17, 15) is 9.90 Å². The molecular formula is C17H21N5O2. The predicted molar refractivity (Wildman–Crippen MR) is 95.1 cm³/mol. The van der Waals surface area contributed by atoms with Gasteiger partial charge in [0, 0.05) is 6.20 Å². The third-order valence-corrected chi connectivity index (χ3v) is 3.39. The van der Waals surface area contributed by atoms with Gasteiger partial charge in [0.05, 0.1) is 12.2 Å². The lowest BCUT2D eigenvalue weighted by Crippen LogP contribution is -2.28. The minimum absolute atomic E-state index is 0.239. The molecule has 0 saturated carbocycles. The molecule has 0 radical (unpaired) electrons. The van der Waals surface area contributed by atoms with E-state index in [0.29, 0.717) is 16.9 Å². The summed E-state index contributed by atoms with van der Waals surface area (Å²) < 4.78 is 3.04. The van der Waals surface area contributed by atoms with Crippen LogP contribution in [0.15, 0.2) is 59.4 Å². The summed E-state index contributed by atoms with van der Waals surface area (Å²) in [6, 6.07) is 0. The number of nitrogens with zero attached hydrogens (tertiary/aromatic N) is 5. The summed E-state index contributed by atoms with van der Waals surface area (Å²) in [6.45, 7) is 12.8. The van der Waals surface area contributed by atoms with Crippen molar-refractivity contribution in [2.24, 2.45) is 4.99 Å². The molecule has 2 rings (SSSR count). The monoisotopic (exact) mass is 327 g/mol. The first-order chi connectivity index (χ1) is 11.3. The molecule has 2 heterocycles. The second-order valence-electron chi connectivity index (χ2n) is 5.72. The third-order valence-electron chi connectivity index (χ3n) is 3.39. The van der Waals surface area contributed by atoms with Crippen molar-refractivity contribution in [1.82, 2.24) is 19.3 Å². The molecule has 0 spiro atoms. The Bertz CT molecular complexity index is 894. The highest BCUT2D eigenvalue weighted by atomic mass is 16.3. The van der Waals surface area contributed by atoms with Gasteiger partial charge in [0.15, 0.2) is 11.5 Å². The Hall–Kier alpha value is -2.80. The number of rotatable bonds is 5. The molecule has 0 aliphatic rings. The first kappa shape index (κ1) is 17.6. The summed E-state index contributed by atoms with van der Waals surface area (Å²) in [5, 5.41) is 10.5. The van der Waals surface area contributed by atoms with Gasteiger partial charge in [-0.05, 0) is 26.8 Å². The van der Waals surface area contributed by atoms with Gasteiger partial charge in [-0.25, -0.2) is 24.3 Å². The summed E-state index contributed by atoms with van der Waals surface area (Å²) >= 11 is 0. The van der Waals surface area contributed by atoms with Crippen LogP contribution >= 0.6 is 0 Å². The number of hydrogen-bond donors (Lipinski definition) is 1. The van der Waals surface area contributed by atoms with Crippen LogP contribution in [0.2, 0.25) is 0 Å². The van der Waals surface area contributed by atoms with E-state index in [0.717, 1.165) is 0 Å². The number of aliphatic imine (C=N–C) groups is 1. The van der Waals surface area contributed by atoms with E-state index in [-0.39, 0.29) is 17.8 Å². The molecule has 7 nitrogen and oxygen atoms in total. The van der Waals surface area contributed by atoms with Crippen molar-refractivity contribution in [3.05, 3.63) is 60.0 Å². The molecule has 24 heavy (non-hydrogen) atoms. The molecule has 0 aliphatic carbocycles. The van der Waals surface area contributed by atoms with E-state index < -0.39 is 5.60 Å². The number of aliphatic hydroxyl groups is 1. The highest BCUT2D eigenvalue weighted by Gasteiger charge is 2.20. The molecule has 1 N–H and O–H groups in total. The van der Waals surface area contributed by atoms with Gasteiger partial charge in [0.1, 0.15) is 17.3 Å². The Morgan fingerprint density at radius 2 is 2.21 bits per heavy atom. The van der Waals surface area contributed by atoms with Gasteiger partial charge < -0.3 is 5.11 Å². The van der Waals surface area contributed by atoms with Crippen molar-refractivity contribution in [3.8, 4) is 0 Å². The van der Waals surface area contributed by atoms with Crippen molar-refractivity contribution >= 4 is 16.9 Å². The van der Waals surface area contributed by atoms with Gasteiger partial charge in [-0.1, -0.05) is 18.7 Å². The minimum atomic E-state index is -1.19. The van der Waals surface area contributed by atoms with Crippen LogP contribution in [0.5, 0.6) is 0 Å². The van der Waals surface area contributed by atoms with E-state index in [1.807, 2.05) is 6.92 Å². The van der Waals surface area contributed by atoms with Gasteiger partial charge in [-0.3, -0.25) is 4.79 Å². The van der Waals surface area contributed by atoms with E-state index in [1.165, 1.54) is 17.2 Å². The summed E-state index contributed by atoms with van der Waals surface area (Å²) in [4.78, 5) is 25.1. The molecule has 2 aromatic heterocycles. The smallest absolute Gasteiger partial charge is 0.278 e. The molecule has 0 saturated heterocycles. The molecule has 7 heteroatoms. The molecule has 0 aliphatic heterocycles. The van der Waals surface area contributed by atoms with Gasteiger partial charge >= 0.3 is 0 Å². The Morgan fingerprint density at radius 3 is 2.79 bits per heavy atom. The fraction of sp³-hybridized carbons (Fsp3) is 0.294.